The minimum absolute atomic E-state index is 0.202. The second kappa shape index (κ2) is 5.68. The molecule has 0 aliphatic heterocycles. The lowest BCUT2D eigenvalue weighted by Gasteiger charge is -2.08. The highest BCUT2D eigenvalue weighted by atomic mass is 19.1. The van der Waals surface area contributed by atoms with Crippen molar-refractivity contribution in [3.8, 4) is 5.69 Å². The van der Waals surface area contributed by atoms with Gasteiger partial charge in [0.1, 0.15) is 18.3 Å². The first-order valence-electron chi connectivity index (χ1n) is 5.76. The van der Waals surface area contributed by atoms with Crippen molar-refractivity contribution in [2.45, 2.75) is 19.9 Å². The van der Waals surface area contributed by atoms with Gasteiger partial charge in [0.15, 0.2) is 11.6 Å². The first kappa shape index (κ1) is 12.6. The summed E-state index contributed by atoms with van der Waals surface area (Å²) in [6, 6.07) is 2.62. The van der Waals surface area contributed by atoms with E-state index < -0.39 is 11.6 Å². The molecule has 0 aliphatic rings. The Hall–Kier alpha value is -1.82. The third kappa shape index (κ3) is 2.70. The van der Waals surface area contributed by atoms with E-state index in [1.165, 1.54) is 24.8 Å². The molecule has 0 atom stereocenters. The average Bonchev–Trinajstić information content (AvgIpc) is 2.82. The fraction of sp³-hybridized carbons (Fsp3) is 0.333. The van der Waals surface area contributed by atoms with Crippen molar-refractivity contribution in [3.63, 3.8) is 0 Å². The Morgan fingerprint density at radius 3 is 2.56 bits per heavy atom. The Balaban J connectivity index is 2.24. The normalized spacial score (nSPS) is 10.8. The summed E-state index contributed by atoms with van der Waals surface area (Å²) in [7, 11) is 0. The molecule has 0 saturated carbocycles. The van der Waals surface area contributed by atoms with Gasteiger partial charge in [-0.15, -0.1) is 0 Å². The van der Waals surface area contributed by atoms with Crippen molar-refractivity contribution in [1.82, 2.24) is 20.1 Å². The van der Waals surface area contributed by atoms with Crippen LogP contribution in [0.15, 0.2) is 24.8 Å². The number of nitrogens with one attached hydrogen (secondary N) is 1. The fourth-order valence-electron chi connectivity index (χ4n) is 1.67. The molecule has 1 N–H and O–H groups in total. The molecule has 1 heterocycles. The van der Waals surface area contributed by atoms with Gasteiger partial charge in [0.05, 0.1) is 0 Å². The molecule has 0 saturated heterocycles. The molecular weight excluding hydrogens is 238 g/mol. The number of benzene rings is 1. The van der Waals surface area contributed by atoms with Crippen LogP contribution in [0.1, 0.15) is 18.9 Å². The summed E-state index contributed by atoms with van der Waals surface area (Å²) < 4.78 is 28.7. The Morgan fingerprint density at radius 1 is 1.28 bits per heavy atom. The molecule has 0 fully saturated rings. The smallest absolute Gasteiger partial charge is 0.152 e. The quantitative estimate of drug-likeness (QED) is 0.828. The standard InChI is InChI=1S/C12H14F2N4/c1-2-3-15-6-9-4-10(13)12(11(14)5-9)18-8-16-7-17-18/h4-5,7-8,15H,2-3,6H2,1H3. The lowest BCUT2D eigenvalue weighted by Crippen LogP contribution is -2.14. The molecule has 2 aromatic rings. The van der Waals surface area contributed by atoms with Crippen molar-refractivity contribution in [2.24, 2.45) is 0 Å². The summed E-state index contributed by atoms with van der Waals surface area (Å²) in [5.41, 5.74) is 0.369. The number of aromatic nitrogens is 3. The number of hydrogen-bond donors (Lipinski definition) is 1. The number of rotatable bonds is 5. The molecule has 0 amide bonds. The second-order valence-corrected chi connectivity index (χ2v) is 3.92. The van der Waals surface area contributed by atoms with E-state index in [0.717, 1.165) is 17.6 Å². The molecule has 0 radical (unpaired) electrons. The van der Waals surface area contributed by atoms with Crippen LogP contribution in [0.4, 0.5) is 8.78 Å². The van der Waals surface area contributed by atoms with E-state index >= 15 is 0 Å². The minimum atomic E-state index is -0.645. The maximum atomic E-state index is 13.8. The average molecular weight is 252 g/mol. The minimum Gasteiger partial charge on any atom is -0.313 e. The zero-order chi connectivity index (χ0) is 13.0. The fourth-order valence-corrected chi connectivity index (χ4v) is 1.67. The molecule has 1 aromatic carbocycles. The molecular formula is C12H14F2N4. The van der Waals surface area contributed by atoms with Gasteiger partial charge < -0.3 is 5.32 Å². The SMILES string of the molecule is CCCNCc1cc(F)c(-n2cncn2)c(F)c1. The van der Waals surface area contributed by atoms with Crippen molar-refractivity contribution in [3.05, 3.63) is 42.0 Å². The van der Waals surface area contributed by atoms with Crippen LogP contribution in [-0.2, 0) is 6.54 Å². The summed E-state index contributed by atoms with van der Waals surface area (Å²) in [5.74, 6) is -1.29. The molecule has 0 aliphatic carbocycles. The largest absolute Gasteiger partial charge is 0.313 e. The monoisotopic (exact) mass is 252 g/mol. The van der Waals surface area contributed by atoms with Crippen LogP contribution < -0.4 is 5.32 Å². The summed E-state index contributed by atoms with van der Waals surface area (Å²) in [5, 5.41) is 6.82. The molecule has 2 rings (SSSR count). The molecule has 0 spiro atoms. The van der Waals surface area contributed by atoms with E-state index in [0.29, 0.717) is 12.1 Å². The number of hydrogen-bond acceptors (Lipinski definition) is 3. The molecule has 18 heavy (non-hydrogen) atoms. The highest BCUT2D eigenvalue weighted by Crippen LogP contribution is 2.18. The molecule has 0 bridgehead atoms. The number of nitrogens with zero attached hydrogens (tertiary/aromatic N) is 3. The van der Waals surface area contributed by atoms with E-state index in [2.05, 4.69) is 15.4 Å². The summed E-state index contributed by atoms with van der Waals surface area (Å²) in [6.07, 6.45) is 3.47. The van der Waals surface area contributed by atoms with Gasteiger partial charge in [-0.25, -0.2) is 18.4 Å². The van der Waals surface area contributed by atoms with Gasteiger partial charge in [-0.2, -0.15) is 5.10 Å². The summed E-state index contributed by atoms with van der Waals surface area (Å²) >= 11 is 0. The predicted octanol–water partition coefficient (Wildman–Crippen LogP) is 2.05. The first-order chi connectivity index (χ1) is 8.72. The van der Waals surface area contributed by atoms with Crippen LogP contribution in [0, 0.1) is 11.6 Å². The van der Waals surface area contributed by atoms with E-state index in [9.17, 15) is 8.78 Å². The third-order valence-electron chi connectivity index (χ3n) is 2.48. The molecule has 4 nitrogen and oxygen atoms in total. The summed E-state index contributed by atoms with van der Waals surface area (Å²) in [6.45, 7) is 3.29. The van der Waals surface area contributed by atoms with Crippen molar-refractivity contribution in [2.75, 3.05) is 6.54 Å². The van der Waals surface area contributed by atoms with E-state index in [-0.39, 0.29) is 5.69 Å². The molecule has 96 valence electrons. The van der Waals surface area contributed by atoms with Gasteiger partial charge >= 0.3 is 0 Å². The molecule has 6 heteroatoms. The van der Waals surface area contributed by atoms with Crippen molar-refractivity contribution < 1.29 is 8.78 Å². The lowest BCUT2D eigenvalue weighted by molar-refractivity contribution is 0.553. The number of halogens is 2. The lowest BCUT2D eigenvalue weighted by atomic mass is 10.2. The zero-order valence-electron chi connectivity index (χ0n) is 10.0. The Labute approximate surface area is 104 Å². The first-order valence-corrected chi connectivity index (χ1v) is 5.76. The second-order valence-electron chi connectivity index (χ2n) is 3.92. The Bertz CT molecular complexity index is 488. The van der Waals surface area contributed by atoms with Crippen molar-refractivity contribution in [1.29, 1.82) is 0 Å². The van der Waals surface area contributed by atoms with E-state index in [1.807, 2.05) is 6.92 Å². The van der Waals surface area contributed by atoms with E-state index in [4.69, 9.17) is 0 Å². The zero-order valence-corrected chi connectivity index (χ0v) is 10.0. The topological polar surface area (TPSA) is 42.7 Å². The van der Waals surface area contributed by atoms with Crippen LogP contribution in [0.5, 0.6) is 0 Å². The van der Waals surface area contributed by atoms with Gasteiger partial charge in [-0.1, -0.05) is 6.92 Å². The highest BCUT2D eigenvalue weighted by molar-refractivity contribution is 5.37. The van der Waals surface area contributed by atoms with Crippen LogP contribution in [0.2, 0.25) is 0 Å². The van der Waals surface area contributed by atoms with Gasteiger partial charge in [0.25, 0.3) is 0 Å². The highest BCUT2D eigenvalue weighted by Gasteiger charge is 2.13. The molecule has 1 aromatic heterocycles. The summed E-state index contributed by atoms with van der Waals surface area (Å²) in [4.78, 5) is 3.67. The molecule has 0 unspecified atom stereocenters. The van der Waals surface area contributed by atoms with Gasteiger partial charge in [0.2, 0.25) is 0 Å². The third-order valence-corrected chi connectivity index (χ3v) is 2.48. The Morgan fingerprint density at radius 2 is 2.00 bits per heavy atom. The van der Waals surface area contributed by atoms with Crippen LogP contribution in [-0.4, -0.2) is 21.3 Å². The van der Waals surface area contributed by atoms with Gasteiger partial charge in [-0.05, 0) is 30.7 Å². The van der Waals surface area contributed by atoms with Crippen LogP contribution in [0.25, 0.3) is 5.69 Å². The van der Waals surface area contributed by atoms with Crippen molar-refractivity contribution >= 4 is 0 Å². The van der Waals surface area contributed by atoms with Crippen LogP contribution in [0.3, 0.4) is 0 Å². The van der Waals surface area contributed by atoms with Gasteiger partial charge in [0, 0.05) is 6.54 Å². The maximum absolute atomic E-state index is 13.8. The maximum Gasteiger partial charge on any atom is 0.152 e. The van der Waals surface area contributed by atoms with Crippen LogP contribution >= 0.6 is 0 Å². The van der Waals surface area contributed by atoms with Gasteiger partial charge in [-0.3, -0.25) is 0 Å². The Kier molecular flexibility index (Phi) is 3.99. The predicted molar refractivity (Wildman–Crippen MR) is 63.3 cm³/mol. The van der Waals surface area contributed by atoms with E-state index in [1.54, 1.807) is 0 Å².